The highest BCUT2D eigenvalue weighted by Gasteiger charge is 2.69. The van der Waals surface area contributed by atoms with Gasteiger partial charge in [0.1, 0.15) is 0 Å². The Balaban J connectivity index is 1.30. The van der Waals surface area contributed by atoms with Gasteiger partial charge < -0.3 is 4.98 Å². The van der Waals surface area contributed by atoms with Crippen LogP contribution < -0.4 is 9.77 Å². The summed E-state index contributed by atoms with van der Waals surface area (Å²) < 4.78 is 41.0. The number of nitrogens with zero attached hydrogens (tertiary/aromatic N) is 1. The first-order valence-corrected chi connectivity index (χ1v) is 14.3. The van der Waals surface area contributed by atoms with Crippen molar-refractivity contribution in [2.75, 3.05) is 4.90 Å². The lowest BCUT2D eigenvalue weighted by Crippen LogP contribution is -2.42. The van der Waals surface area contributed by atoms with Crippen LogP contribution in [0.4, 0.5) is 18.9 Å². The fraction of sp³-hybridized carbons (Fsp3) is 0.346. The number of rotatable bonds is 2. The van der Waals surface area contributed by atoms with Gasteiger partial charge in [0.05, 0.1) is 28.1 Å². The number of anilines is 1. The number of halogens is 4. The number of nitrogens with one attached hydrogen (secondary N) is 1. The Hall–Kier alpha value is -2.37. The van der Waals surface area contributed by atoms with Gasteiger partial charge in [-0.05, 0) is 60.1 Å². The summed E-state index contributed by atoms with van der Waals surface area (Å²) in [5.74, 6) is -2.19. The Morgan fingerprint density at radius 1 is 0.973 bits per heavy atom. The third kappa shape index (κ3) is 3.39. The molecule has 11 heteroatoms. The molecule has 2 aliphatic heterocycles. The molecule has 5 nitrogen and oxygen atoms in total. The van der Waals surface area contributed by atoms with Crippen LogP contribution in [0.1, 0.15) is 28.3 Å². The van der Waals surface area contributed by atoms with Crippen molar-refractivity contribution in [2.24, 2.45) is 29.6 Å². The lowest BCUT2D eigenvalue weighted by molar-refractivity contribution is -0.137. The average Bonchev–Trinajstić information content (AvgIpc) is 3.58. The fourth-order valence-corrected chi connectivity index (χ4v) is 10.3. The van der Waals surface area contributed by atoms with Crippen molar-refractivity contribution >= 4 is 56.5 Å². The van der Waals surface area contributed by atoms with Crippen LogP contribution >= 0.6 is 39.0 Å². The fourth-order valence-electron chi connectivity index (χ4n) is 7.14. The number of hydrogen-bond acceptors (Lipinski definition) is 5. The summed E-state index contributed by atoms with van der Waals surface area (Å²) in [4.78, 5) is 44.4. The monoisotopic (exact) mass is 606 g/mol. The van der Waals surface area contributed by atoms with Crippen LogP contribution in [0.2, 0.25) is 0 Å². The number of aromatic amines is 1. The van der Waals surface area contributed by atoms with Crippen molar-refractivity contribution < 1.29 is 22.8 Å². The molecule has 2 aromatic carbocycles. The number of alkyl halides is 3. The summed E-state index contributed by atoms with van der Waals surface area (Å²) in [5.41, 5.74) is 0.131. The molecular weight excluding hydrogens is 589 g/mol. The summed E-state index contributed by atoms with van der Waals surface area (Å²) in [5, 5.41) is 0.843. The predicted octanol–water partition coefficient (Wildman–Crippen LogP) is 5.90. The van der Waals surface area contributed by atoms with Gasteiger partial charge >= 0.3 is 11.0 Å². The molecule has 37 heavy (non-hydrogen) atoms. The van der Waals surface area contributed by atoms with Crippen LogP contribution in [0.3, 0.4) is 0 Å². The van der Waals surface area contributed by atoms with E-state index < -0.39 is 35.4 Å². The van der Waals surface area contributed by atoms with Crippen molar-refractivity contribution in [1.82, 2.24) is 4.98 Å². The van der Waals surface area contributed by atoms with E-state index in [4.69, 9.17) is 0 Å². The molecule has 3 heterocycles. The second-order valence-electron chi connectivity index (χ2n) is 10.1. The average molecular weight is 607 g/mol. The molecule has 2 saturated carbocycles. The second-order valence-corrected chi connectivity index (χ2v) is 13.2. The van der Waals surface area contributed by atoms with Gasteiger partial charge in [-0.25, -0.2) is 0 Å². The molecule has 2 amide bonds. The largest absolute Gasteiger partial charge is 0.416 e. The molecule has 1 saturated heterocycles. The van der Waals surface area contributed by atoms with Crippen molar-refractivity contribution in [3.8, 4) is 0 Å². The number of benzene rings is 2. The molecule has 1 N–H and O–H groups in total. The first kappa shape index (κ1) is 23.7. The maximum Gasteiger partial charge on any atom is 0.416 e. The van der Waals surface area contributed by atoms with Gasteiger partial charge in [0.15, 0.2) is 0 Å². The normalized spacial score (nSPS) is 32.0. The third-order valence-electron chi connectivity index (χ3n) is 8.38. The Kier molecular flexibility index (Phi) is 5.17. The van der Waals surface area contributed by atoms with Gasteiger partial charge in [-0.15, -0.1) is 11.8 Å². The van der Waals surface area contributed by atoms with Crippen LogP contribution in [0, 0.1) is 29.6 Å². The van der Waals surface area contributed by atoms with Crippen molar-refractivity contribution in [3.05, 3.63) is 78.7 Å². The summed E-state index contributed by atoms with van der Waals surface area (Å²) >= 11 is 6.25. The predicted molar refractivity (Wildman–Crippen MR) is 137 cm³/mol. The zero-order chi connectivity index (χ0) is 25.8. The molecule has 3 aromatic rings. The molecule has 0 radical (unpaired) electrons. The highest BCUT2D eigenvalue weighted by Crippen LogP contribution is 2.68. The molecule has 0 spiro atoms. The van der Waals surface area contributed by atoms with Gasteiger partial charge in [-0.2, -0.15) is 13.2 Å². The summed E-state index contributed by atoms with van der Waals surface area (Å²) in [6.45, 7) is 0. The topological polar surface area (TPSA) is 70.2 Å². The molecule has 2 bridgehead atoms. The number of thiazole rings is 1. The Morgan fingerprint density at radius 2 is 1.68 bits per heavy atom. The standard InChI is InChI=1S/C26H18BrF3N2O3S2/c27-12-6-4-10(5-7-12)16-17-14-9-15(20(17)36-22-21(16)37-25(35)31-22)19-18(14)23(33)32(24(19)34)13-3-1-2-11(8-13)26(28,29)30/h1-8,14-20H,9H2,(H,31,35)/t14?,15?,16-,17?,18?,19?,20?/m1/s1. The van der Waals surface area contributed by atoms with Crippen molar-refractivity contribution in [2.45, 2.75) is 28.8 Å². The number of aromatic nitrogens is 1. The van der Waals surface area contributed by atoms with E-state index in [1.807, 2.05) is 24.3 Å². The Bertz CT molecular complexity index is 1520. The minimum absolute atomic E-state index is 0.0239. The van der Waals surface area contributed by atoms with Crippen molar-refractivity contribution in [1.29, 1.82) is 0 Å². The maximum atomic E-state index is 13.7. The van der Waals surface area contributed by atoms with Gasteiger partial charge in [0.25, 0.3) is 0 Å². The van der Waals surface area contributed by atoms with Crippen LogP contribution in [0.15, 0.2) is 62.8 Å². The van der Waals surface area contributed by atoms with Crippen LogP contribution in [0.5, 0.6) is 0 Å². The van der Waals surface area contributed by atoms with E-state index in [0.717, 1.165) is 43.4 Å². The summed E-state index contributed by atoms with van der Waals surface area (Å²) in [6.07, 6.45) is -3.85. The highest BCUT2D eigenvalue weighted by atomic mass is 79.9. The maximum absolute atomic E-state index is 13.7. The van der Waals surface area contributed by atoms with Gasteiger partial charge in [0.2, 0.25) is 11.8 Å². The van der Waals surface area contributed by atoms with Crippen molar-refractivity contribution in [3.63, 3.8) is 0 Å². The third-order valence-corrected chi connectivity index (χ3v) is 11.5. The SMILES string of the molecule is O=C1C2C3CC(C2C(=O)N1c1cccc(C(F)(F)F)c1)C1C3Sc2[nH]c(=O)sc2[C@@H]1c1ccc(Br)cc1. The van der Waals surface area contributed by atoms with Gasteiger partial charge in [0, 0.05) is 20.5 Å². The van der Waals surface area contributed by atoms with E-state index in [1.54, 1.807) is 11.8 Å². The molecule has 4 aliphatic rings. The van der Waals surface area contributed by atoms with Crippen LogP contribution in [0.25, 0.3) is 0 Å². The minimum atomic E-state index is -4.57. The number of imide groups is 1. The second kappa shape index (κ2) is 8.07. The lowest BCUT2D eigenvalue weighted by Gasteiger charge is -2.43. The van der Waals surface area contributed by atoms with E-state index in [-0.39, 0.29) is 39.5 Å². The molecule has 3 fully saturated rings. The van der Waals surface area contributed by atoms with E-state index >= 15 is 0 Å². The molecule has 2 aliphatic carbocycles. The Morgan fingerprint density at radius 3 is 2.38 bits per heavy atom. The number of fused-ring (bicyclic) bond motifs is 9. The zero-order valence-corrected chi connectivity index (χ0v) is 22.1. The molecule has 7 rings (SSSR count). The molecule has 1 aromatic heterocycles. The van der Waals surface area contributed by atoms with E-state index in [1.165, 1.54) is 23.5 Å². The number of carbonyl (C=O) groups is 2. The number of H-pyrrole nitrogens is 1. The summed E-state index contributed by atoms with van der Waals surface area (Å²) in [7, 11) is 0. The number of carbonyl (C=O) groups excluding carboxylic acids is 2. The molecule has 6 unspecified atom stereocenters. The first-order chi connectivity index (χ1) is 17.6. The number of amides is 2. The van der Waals surface area contributed by atoms with Gasteiger partial charge in [-0.1, -0.05) is 45.5 Å². The number of thioether (sulfide) groups is 1. The number of hydrogen-bond donors (Lipinski definition) is 1. The highest BCUT2D eigenvalue weighted by molar-refractivity contribution is 9.10. The van der Waals surface area contributed by atoms with E-state index in [2.05, 4.69) is 20.9 Å². The molecule has 7 atom stereocenters. The lowest BCUT2D eigenvalue weighted by atomic mass is 9.68. The zero-order valence-electron chi connectivity index (χ0n) is 18.9. The van der Waals surface area contributed by atoms with E-state index in [0.29, 0.717) is 0 Å². The van der Waals surface area contributed by atoms with Gasteiger partial charge in [-0.3, -0.25) is 19.3 Å². The smallest absolute Gasteiger partial charge is 0.307 e. The molecule has 190 valence electrons. The van der Waals surface area contributed by atoms with E-state index in [9.17, 15) is 27.6 Å². The molecular formula is C26H18BrF3N2O3S2. The first-order valence-electron chi connectivity index (χ1n) is 11.8. The minimum Gasteiger partial charge on any atom is -0.307 e. The summed E-state index contributed by atoms with van der Waals surface area (Å²) in [6, 6.07) is 12.4. The quantitative estimate of drug-likeness (QED) is 0.369. The Labute approximate surface area is 225 Å². The van der Waals surface area contributed by atoms with Crippen LogP contribution in [-0.2, 0) is 15.8 Å². The van der Waals surface area contributed by atoms with Crippen LogP contribution in [-0.4, -0.2) is 22.0 Å².